The van der Waals surface area contributed by atoms with E-state index in [2.05, 4.69) is 15.6 Å². The van der Waals surface area contributed by atoms with Crippen molar-refractivity contribution in [2.24, 2.45) is 0 Å². The first-order chi connectivity index (χ1) is 10.8. The summed E-state index contributed by atoms with van der Waals surface area (Å²) in [6.45, 7) is 1.40. The van der Waals surface area contributed by atoms with Crippen molar-refractivity contribution in [1.82, 2.24) is 10.3 Å². The maximum Gasteiger partial charge on any atom is 0.251 e. The number of carbonyl (C=O) groups excluding carboxylic acids is 2. The molecule has 1 fully saturated rings. The summed E-state index contributed by atoms with van der Waals surface area (Å²) in [6, 6.07) is 4.70. The zero-order valence-corrected chi connectivity index (χ0v) is 14.0. The lowest BCUT2D eigenvalue weighted by Crippen LogP contribution is -2.35. The molecule has 7 nitrogen and oxygen atoms in total. The summed E-state index contributed by atoms with van der Waals surface area (Å²) in [4.78, 5) is 27.6. The number of benzene rings is 1. The van der Waals surface area contributed by atoms with Crippen molar-refractivity contribution < 1.29 is 18.0 Å². The van der Waals surface area contributed by atoms with Gasteiger partial charge in [-0.2, -0.15) is 0 Å². The summed E-state index contributed by atoms with van der Waals surface area (Å²) in [5.41, 5.74) is 1.14. The van der Waals surface area contributed by atoms with Crippen LogP contribution in [-0.2, 0) is 14.6 Å². The van der Waals surface area contributed by atoms with Crippen LogP contribution < -0.4 is 10.6 Å². The van der Waals surface area contributed by atoms with Gasteiger partial charge in [-0.3, -0.25) is 9.59 Å². The number of nitrogens with zero attached hydrogens (tertiary/aromatic N) is 1. The van der Waals surface area contributed by atoms with Crippen LogP contribution in [0.5, 0.6) is 0 Å². The van der Waals surface area contributed by atoms with Crippen LogP contribution in [0.1, 0.15) is 23.7 Å². The Morgan fingerprint density at radius 3 is 2.78 bits per heavy atom. The summed E-state index contributed by atoms with van der Waals surface area (Å²) in [7, 11) is -3.03. The fraction of sp³-hybridized carbons (Fsp3) is 0.357. The number of rotatable bonds is 3. The van der Waals surface area contributed by atoms with E-state index in [-0.39, 0.29) is 29.4 Å². The Balaban J connectivity index is 1.77. The van der Waals surface area contributed by atoms with Gasteiger partial charge in [-0.05, 0) is 24.6 Å². The van der Waals surface area contributed by atoms with Gasteiger partial charge in [0.05, 0.1) is 21.7 Å². The zero-order valence-electron chi connectivity index (χ0n) is 12.3. The Hall–Kier alpha value is -2.00. The molecule has 2 aromatic rings. The first-order valence-electron chi connectivity index (χ1n) is 7.02. The van der Waals surface area contributed by atoms with Crippen LogP contribution in [-0.4, -0.2) is 42.8 Å². The van der Waals surface area contributed by atoms with E-state index in [1.807, 2.05) is 0 Å². The van der Waals surface area contributed by atoms with Crippen LogP contribution in [0, 0.1) is 0 Å². The number of amides is 2. The van der Waals surface area contributed by atoms with Gasteiger partial charge in [0, 0.05) is 18.5 Å². The standard InChI is InChI=1S/C14H15N3O4S2/c1-8(18)15-14-17-11-3-2-9(6-12(11)22-14)13(19)16-10-4-5-23(20,21)7-10/h2-3,6,10H,4-5,7H2,1H3,(H,16,19)(H,15,17,18). The van der Waals surface area contributed by atoms with E-state index in [0.717, 1.165) is 4.70 Å². The molecular weight excluding hydrogens is 338 g/mol. The summed E-state index contributed by atoms with van der Waals surface area (Å²) in [5, 5.41) is 5.84. The molecular formula is C14H15N3O4S2. The smallest absolute Gasteiger partial charge is 0.251 e. The topological polar surface area (TPSA) is 105 Å². The number of sulfone groups is 1. The minimum Gasteiger partial charge on any atom is -0.348 e. The number of carbonyl (C=O) groups is 2. The second kappa shape index (κ2) is 5.89. The van der Waals surface area contributed by atoms with Gasteiger partial charge < -0.3 is 10.6 Å². The summed E-state index contributed by atoms with van der Waals surface area (Å²) >= 11 is 1.28. The third-order valence-corrected chi connectivity index (χ3v) is 6.20. The highest BCUT2D eigenvalue weighted by Gasteiger charge is 2.29. The molecule has 3 rings (SSSR count). The third-order valence-electron chi connectivity index (χ3n) is 3.50. The minimum atomic E-state index is -3.03. The second-order valence-electron chi connectivity index (χ2n) is 5.46. The lowest BCUT2D eigenvalue weighted by atomic mass is 10.2. The quantitative estimate of drug-likeness (QED) is 0.862. The van der Waals surface area contributed by atoms with E-state index in [9.17, 15) is 18.0 Å². The van der Waals surface area contributed by atoms with Crippen molar-refractivity contribution >= 4 is 48.3 Å². The molecule has 1 saturated heterocycles. The molecule has 122 valence electrons. The number of nitrogens with one attached hydrogen (secondary N) is 2. The molecule has 0 saturated carbocycles. The van der Waals surface area contributed by atoms with Gasteiger partial charge >= 0.3 is 0 Å². The van der Waals surface area contributed by atoms with E-state index >= 15 is 0 Å². The van der Waals surface area contributed by atoms with Gasteiger partial charge in [0.2, 0.25) is 5.91 Å². The van der Waals surface area contributed by atoms with Gasteiger partial charge in [0.15, 0.2) is 15.0 Å². The Bertz CT molecular complexity index is 889. The number of fused-ring (bicyclic) bond motifs is 1. The molecule has 2 amide bonds. The zero-order chi connectivity index (χ0) is 16.6. The fourth-order valence-corrected chi connectivity index (χ4v) is 5.07. The SMILES string of the molecule is CC(=O)Nc1nc2ccc(C(=O)NC3CCS(=O)(=O)C3)cc2s1. The van der Waals surface area contributed by atoms with E-state index in [0.29, 0.717) is 22.6 Å². The molecule has 2 N–H and O–H groups in total. The maximum atomic E-state index is 12.2. The van der Waals surface area contributed by atoms with Gasteiger partial charge in [0.25, 0.3) is 5.91 Å². The van der Waals surface area contributed by atoms with Crippen molar-refractivity contribution in [3.63, 3.8) is 0 Å². The van der Waals surface area contributed by atoms with Crippen LogP contribution >= 0.6 is 11.3 Å². The molecule has 2 heterocycles. The number of hydrogen-bond acceptors (Lipinski definition) is 6. The largest absolute Gasteiger partial charge is 0.348 e. The number of thiazole rings is 1. The monoisotopic (exact) mass is 353 g/mol. The molecule has 0 bridgehead atoms. The molecule has 9 heteroatoms. The van der Waals surface area contributed by atoms with Crippen LogP contribution in [0.4, 0.5) is 5.13 Å². The first-order valence-corrected chi connectivity index (χ1v) is 9.66. The average molecular weight is 353 g/mol. The predicted molar refractivity (Wildman–Crippen MR) is 88.4 cm³/mol. The van der Waals surface area contributed by atoms with Crippen molar-refractivity contribution in [2.75, 3.05) is 16.8 Å². The highest BCUT2D eigenvalue weighted by Crippen LogP contribution is 2.27. The van der Waals surface area contributed by atoms with Crippen molar-refractivity contribution in [1.29, 1.82) is 0 Å². The number of anilines is 1. The highest BCUT2D eigenvalue weighted by atomic mass is 32.2. The normalized spacial score (nSPS) is 19.6. The average Bonchev–Trinajstić information content (AvgIpc) is 2.99. The molecule has 1 unspecified atom stereocenters. The molecule has 0 radical (unpaired) electrons. The van der Waals surface area contributed by atoms with Gasteiger partial charge in [0.1, 0.15) is 0 Å². The molecule has 23 heavy (non-hydrogen) atoms. The Morgan fingerprint density at radius 1 is 1.35 bits per heavy atom. The molecule has 0 aliphatic carbocycles. The number of hydrogen-bond donors (Lipinski definition) is 2. The minimum absolute atomic E-state index is 0.00573. The van der Waals surface area contributed by atoms with Crippen molar-refractivity contribution in [2.45, 2.75) is 19.4 Å². The van der Waals surface area contributed by atoms with Gasteiger partial charge in [-0.1, -0.05) is 11.3 Å². The molecule has 1 aliphatic heterocycles. The summed E-state index contributed by atoms with van der Waals surface area (Å²) in [6.07, 6.45) is 0.448. The Morgan fingerprint density at radius 2 is 2.13 bits per heavy atom. The third kappa shape index (κ3) is 3.67. The Labute approximate surface area is 137 Å². The van der Waals surface area contributed by atoms with E-state index in [4.69, 9.17) is 0 Å². The molecule has 1 aromatic carbocycles. The lowest BCUT2D eigenvalue weighted by Gasteiger charge is -2.10. The van der Waals surface area contributed by atoms with Crippen LogP contribution in [0.15, 0.2) is 18.2 Å². The molecule has 0 spiro atoms. The second-order valence-corrected chi connectivity index (χ2v) is 8.72. The van der Waals surface area contributed by atoms with E-state index < -0.39 is 9.84 Å². The molecule has 1 aliphatic rings. The summed E-state index contributed by atoms with van der Waals surface area (Å²) in [5.74, 6) is -0.395. The van der Waals surface area contributed by atoms with Crippen molar-refractivity contribution in [3.8, 4) is 0 Å². The number of aromatic nitrogens is 1. The molecule has 1 atom stereocenters. The maximum absolute atomic E-state index is 12.2. The first kappa shape index (κ1) is 15.9. The van der Waals surface area contributed by atoms with Gasteiger partial charge in [-0.15, -0.1) is 0 Å². The van der Waals surface area contributed by atoms with E-state index in [1.165, 1.54) is 18.3 Å². The van der Waals surface area contributed by atoms with Crippen LogP contribution in [0.3, 0.4) is 0 Å². The van der Waals surface area contributed by atoms with Crippen LogP contribution in [0.2, 0.25) is 0 Å². The molecule has 1 aromatic heterocycles. The summed E-state index contributed by atoms with van der Waals surface area (Å²) < 4.78 is 23.6. The highest BCUT2D eigenvalue weighted by molar-refractivity contribution is 7.91. The predicted octanol–water partition coefficient (Wildman–Crippen LogP) is 1.17. The van der Waals surface area contributed by atoms with Crippen LogP contribution in [0.25, 0.3) is 10.2 Å². The van der Waals surface area contributed by atoms with E-state index in [1.54, 1.807) is 18.2 Å². The van der Waals surface area contributed by atoms with Crippen molar-refractivity contribution in [3.05, 3.63) is 23.8 Å². The lowest BCUT2D eigenvalue weighted by molar-refractivity contribution is -0.114. The fourth-order valence-electron chi connectivity index (χ4n) is 2.45. The van der Waals surface area contributed by atoms with Gasteiger partial charge in [-0.25, -0.2) is 13.4 Å². The Kier molecular flexibility index (Phi) is 4.07.